The summed E-state index contributed by atoms with van der Waals surface area (Å²) in [5.74, 6) is -1.04. The van der Waals surface area contributed by atoms with E-state index >= 15 is 0 Å². The van der Waals surface area contributed by atoms with Gasteiger partial charge in [-0.3, -0.25) is 9.59 Å². The summed E-state index contributed by atoms with van der Waals surface area (Å²) in [5, 5.41) is 4.29. The predicted octanol–water partition coefficient (Wildman–Crippen LogP) is 1.39. The number of amides is 2. The standard InChI is InChI=1S/C22H20FN7O2/c23-14-3-5-15(6-4-14)30-12-16(18(27-30)19(24)31)22(21(25)32)7-10-29(13-22)20-17-2-1-9-28(17)11-8-26-20/h1-6,8-9,11-12H,7,10,13H2,(H2,24,31)(H2,25,32). The van der Waals surface area contributed by atoms with Gasteiger partial charge in [0.05, 0.1) is 16.6 Å². The van der Waals surface area contributed by atoms with Crippen molar-refractivity contribution >= 4 is 23.1 Å². The fourth-order valence-electron chi connectivity index (χ4n) is 4.38. The Kier molecular flexibility index (Phi) is 4.43. The number of carbonyl (C=O) groups is 2. The smallest absolute Gasteiger partial charge is 0.269 e. The van der Waals surface area contributed by atoms with Gasteiger partial charge in [-0.05, 0) is 42.8 Å². The number of primary amides is 2. The van der Waals surface area contributed by atoms with Crippen LogP contribution in [-0.2, 0) is 10.2 Å². The van der Waals surface area contributed by atoms with Crippen molar-refractivity contribution in [3.8, 4) is 5.69 Å². The van der Waals surface area contributed by atoms with Crippen LogP contribution in [0.5, 0.6) is 0 Å². The van der Waals surface area contributed by atoms with E-state index in [4.69, 9.17) is 11.5 Å². The highest BCUT2D eigenvalue weighted by Crippen LogP contribution is 2.39. The van der Waals surface area contributed by atoms with Gasteiger partial charge in [-0.15, -0.1) is 0 Å². The first kappa shape index (κ1) is 19.7. The molecule has 0 spiro atoms. The number of nitrogens with two attached hydrogens (primary N) is 2. The number of rotatable bonds is 5. The molecule has 4 aromatic rings. The summed E-state index contributed by atoms with van der Waals surface area (Å²) in [6.45, 7) is 0.719. The summed E-state index contributed by atoms with van der Waals surface area (Å²) >= 11 is 0. The highest BCUT2D eigenvalue weighted by Gasteiger charge is 2.48. The molecule has 1 aliphatic heterocycles. The van der Waals surface area contributed by atoms with E-state index in [2.05, 4.69) is 10.1 Å². The lowest BCUT2D eigenvalue weighted by molar-refractivity contribution is -0.122. The maximum atomic E-state index is 13.3. The van der Waals surface area contributed by atoms with Crippen LogP contribution in [0.4, 0.5) is 10.2 Å². The third kappa shape index (κ3) is 2.99. The fourth-order valence-corrected chi connectivity index (χ4v) is 4.38. The first-order valence-electron chi connectivity index (χ1n) is 10.0. The van der Waals surface area contributed by atoms with Crippen LogP contribution in [0.1, 0.15) is 22.5 Å². The molecule has 1 fully saturated rings. The Balaban J connectivity index is 1.60. The molecule has 1 aliphatic rings. The lowest BCUT2D eigenvalue weighted by atomic mass is 9.79. The van der Waals surface area contributed by atoms with E-state index in [-0.39, 0.29) is 12.2 Å². The number of aromatic nitrogens is 4. The Morgan fingerprint density at radius 2 is 1.88 bits per heavy atom. The van der Waals surface area contributed by atoms with Gasteiger partial charge < -0.3 is 20.8 Å². The Bertz CT molecular complexity index is 1340. The Hall–Kier alpha value is -4.21. The molecule has 1 aromatic carbocycles. The van der Waals surface area contributed by atoms with Crippen LogP contribution in [0.15, 0.2) is 61.2 Å². The largest absolute Gasteiger partial charge is 0.369 e. The highest BCUT2D eigenvalue weighted by atomic mass is 19.1. The molecule has 162 valence electrons. The van der Waals surface area contributed by atoms with E-state index in [9.17, 15) is 14.0 Å². The topological polar surface area (TPSA) is 125 Å². The van der Waals surface area contributed by atoms with Gasteiger partial charge in [0, 0.05) is 43.4 Å². The van der Waals surface area contributed by atoms with E-state index < -0.39 is 23.0 Å². The second-order valence-electron chi connectivity index (χ2n) is 7.85. The normalized spacial score (nSPS) is 18.3. The van der Waals surface area contributed by atoms with Gasteiger partial charge in [0.1, 0.15) is 5.82 Å². The first-order chi connectivity index (χ1) is 15.4. The SMILES string of the molecule is NC(=O)c1nn(-c2ccc(F)cc2)cc1C1(C(N)=O)CCN(c2nccn3cccc23)C1. The molecular weight excluding hydrogens is 413 g/mol. The Morgan fingerprint density at radius 1 is 1.09 bits per heavy atom. The minimum Gasteiger partial charge on any atom is -0.369 e. The van der Waals surface area contributed by atoms with Crippen LogP contribution in [0.25, 0.3) is 11.2 Å². The van der Waals surface area contributed by atoms with E-state index in [1.54, 1.807) is 12.4 Å². The molecule has 5 rings (SSSR count). The van der Waals surface area contributed by atoms with Gasteiger partial charge in [-0.2, -0.15) is 5.10 Å². The quantitative estimate of drug-likeness (QED) is 0.492. The zero-order chi connectivity index (χ0) is 22.5. The molecule has 0 saturated carbocycles. The van der Waals surface area contributed by atoms with Gasteiger partial charge in [-0.1, -0.05) is 0 Å². The van der Waals surface area contributed by atoms with Crippen LogP contribution in [-0.4, -0.2) is 44.1 Å². The highest BCUT2D eigenvalue weighted by molar-refractivity contribution is 5.97. The summed E-state index contributed by atoms with van der Waals surface area (Å²) in [4.78, 5) is 31.5. The molecule has 2 amide bonds. The minimum atomic E-state index is -1.19. The van der Waals surface area contributed by atoms with Crippen LogP contribution in [0, 0.1) is 5.82 Å². The Labute approximate surface area is 182 Å². The van der Waals surface area contributed by atoms with Crippen molar-refractivity contribution in [1.29, 1.82) is 0 Å². The average Bonchev–Trinajstić information content (AvgIpc) is 3.51. The van der Waals surface area contributed by atoms with Crippen molar-refractivity contribution in [2.45, 2.75) is 11.8 Å². The molecule has 4 N–H and O–H groups in total. The van der Waals surface area contributed by atoms with Crippen molar-refractivity contribution in [2.75, 3.05) is 18.0 Å². The number of benzene rings is 1. The average molecular weight is 433 g/mol. The van der Waals surface area contributed by atoms with E-state index in [0.29, 0.717) is 30.0 Å². The van der Waals surface area contributed by atoms with Gasteiger partial charge in [0.25, 0.3) is 5.91 Å². The van der Waals surface area contributed by atoms with Gasteiger partial charge in [0.2, 0.25) is 5.91 Å². The van der Waals surface area contributed by atoms with Crippen molar-refractivity contribution < 1.29 is 14.0 Å². The number of nitrogens with zero attached hydrogens (tertiary/aromatic N) is 5. The van der Waals surface area contributed by atoms with Crippen molar-refractivity contribution in [3.05, 3.63) is 78.3 Å². The van der Waals surface area contributed by atoms with Crippen molar-refractivity contribution in [2.24, 2.45) is 11.5 Å². The van der Waals surface area contributed by atoms with E-state index in [1.807, 2.05) is 33.8 Å². The molecule has 1 saturated heterocycles. The molecule has 10 heteroatoms. The second kappa shape index (κ2) is 7.19. The zero-order valence-corrected chi connectivity index (χ0v) is 17.0. The predicted molar refractivity (Wildman–Crippen MR) is 115 cm³/mol. The molecule has 4 heterocycles. The lowest BCUT2D eigenvalue weighted by Crippen LogP contribution is -2.44. The number of halogens is 1. The third-order valence-electron chi connectivity index (χ3n) is 6.03. The molecule has 0 bridgehead atoms. The summed E-state index contributed by atoms with van der Waals surface area (Å²) < 4.78 is 16.7. The molecule has 1 atom stereocenters. The van der Waals surface area contributed by atoms with Crippen LogP contribution >= 0.6 is 0 Å². The van der Waals surface area contributed by atoms with Gasteiger partial charge >= 0.3 is 0 Å². The van der Waals surface area contributed by atoms with Gasteiger partial charge in [-0.25, -0.2) is 14.1 Å². The minimum absolute atomic E-state index is 0.0381. The monoisotopic (exact) mass is 433 g/mol. The number of carbonyl (C=O) groups excluding carboxylic acids is 2. The fraction of sp³-hybridized carbons (Fsp3) is 0.182. The van der Waals surface area contributed by atoms with Crippen LogP contribution < -0.4 is 16.4 Å². The molecule has 1 unspecified atom stereocenters. The zero-order valence-electron chi connectivity index (χ0n) is 17.0. The maximum absolute atomic E-state index is 13.3. The summed E-state index contributed by atoms with van der Waals surface area (Å²) in [5.41, 5.74) is 12.1. The number of hydrogen-bond acceptors (Lipinski definition) is 5. The van der Waals surface area contributed by atoms with Crippen molar-refractivity contribution in [3.63, 3.8) is 0 Å². The summed E-state index contributed by atoms with van der Waals surface area (Å²) in [6.07, 6.45) is 7.38. The number of anilines is 1. The second-order valence-corrected chi connectivity index (χ2v) is 7.85. The lowest BCUT2D eigenvalue weighted by Gasteiger charge is -2.26. The number of fused-ring (bicyclic) bond motifs is 1. The van der Waals surface area contributed by atoms with E-state index in [1.165, 1.54) is 28.9 Å². The molecule has 9 nitrogen and oxygen atoms in total. The summed E-state index contributed by atoms with van der Waals surface area (Å²) in [6, 6.07) is 9.46. The number of hydrogen-bond donors (Lipinski definition) is 2. The van der Waals surface area contributed by atoms with E-state index in [0.717, 1.165) is 5.52 Å². The van der Waals surface area contributed by atoms with Gasteiger partial charge in [0.15, 0.2) is 11.5 Å². The first-order valence-corrected chi connectivity index (χ1v) is 10.0. The Morgan fingerprint density at radius 3 is 2.59 bits per heavy atom. The maximum Gasteiger partial charge on any atom is 0.269 e. The molecule has 32 heavy (non-hydrogen) atoms. The third-order valence-corrected chi connectivity index (χ3v) is 6.03. The molecule has 0 aliphatic carbocycles. The molecule has 3 aromatic heterocycles. The van der Waals surface area contributed by atoms with Crippen LogP contribution in [0.2, 0.25) is 0 Å². The van der Waals surface area contributed by atoms with Crippen molar-refractivity contribution in [1.82, 2.24) is 19.2 Å². The molecule has 0 radical (unpaired) electrons. The summed E-state index contributed by atoms with van der Waals surface area (Å²) in [7, 11) is 0. The van der Waals surface area contributed by atoms with Crippen LogP contribution in [0.3, 0.4) is 0 Å². The molecular formula is C22H20FN7O2.